The molecule has 0 bridgehead atoms. The third-order valence-electron chi connectivity index (χ3n) is 4.60. The molecule has 1 atom stereocenters. The van der Waals surface area contributed by atoms with Gasteiger partial charge >= 0.3 is 0 Å². The van der Waals surface area contributed by atoms with Crippen LogP contribution >= 0.6 is 11.6 Å². The van der Waals surface area contributed by atoms with Crippen molar-refractivity contribution in [3.8, 4) is 0 Å². The molecule has 0 spiro atoms. The molecule has 0 aliphatic heterocycles. The monoisotopic (exact) mass is 416 g/mol. The van der Waals surface area contributed by atoms with Crippen LogP contribution < -0.4 is 5.32 Å². The van der Waals surface area contributed by atoms with Crippen molar-refractivity contribution in [3.63, 3.8) is 0 Å². The second-order valence-corrected chi connectivity index (χ2v) is 7.67. The van der Waals surface area contributed by atoms with Gasteiger partial charge in [0, 0.05) is 37.6 Å². The van der Waals surface area contributed by atoms with Gasteiger partial charge < -0.3 is 15.0 Å². The van der Waals surface area contributed by atoms with Crippen LogP contribution in [0, 0.1) is 5.92 Å². The first-order valence-corrected chi connectivity index (χ1v) is 10.2. The number of hydrogen-bond acceptors (Lipinski definition) is 3. The van der Waals surface area contributed by atoms with Crippen molar-refractivity contribution in [2.75, 3.05) is 20.3 Å². The zero-order valence-electron chi connectivity index (χ0n) is 17.2. The van der Waals surface area contributed by atoms with Crippen LogP contribution in [-0.2, 0) is 27.3 Å². The van der Waals surface area contributed by atoms with Crippen LogP contribution in [0.4, 0.5) is 0 Å². The van der Waals surface area contributed by atoms with Crippen molar-refractivity contribution in [3.05, 3.63) is 70.7 Å². The third kappa shape index (κ3) is 7.18. The van der Waals surface area contributed by atoms with E-state index in [0.29, 0.717) is 31.1 Å². The number of ether oxygens (including phenoxy) is 1. The number of hydrogen-bond donors (Lipinski definition) is 1. The lowest BCUT2D eigenvalue weighted by Gasteiger charge is -2.32. The van der Waals surface area contributed by atoms with Crippen LogP contribution in [0.3, 0.4) is 0 Å². The van der Waals surface area contributed by atoms with Crippen LogP contribution in [0.15, 0.2) is 54.6 Å². The van der Waals surface area contributed by atoms with E-state index in [4.69, 9.17) is 16.3 Å². The summed E-state index contributed by atoms with van der Waals surface area (Å²) < 4.78 is 5.04. The molecule has 0 radical (unpaired) electrons. The van der Waals surface area contributed by atoms with E-state index in [0.717, 1.165) is 11.1 Å². The smallest absolute Gasteiger partial charge is 0.243 e. The van der Waals surface area contributed by atoms with E-state index in [1.54, 1.807) is 24.1 Å². The highest BCUT2D eigenvalue weighted by Gasteiger charge is 2.31. The minimum Gasteiger partial charge on any atom is -0.383 e. The minimum absolute atomic E-state index is 0.0669. The summed E-state index contributed by atoms with van der Waals surface area (Å²) in [6, 6.07) is 16.5. The number of nitrogens with zero attached hydrogens (tertiary/aromatic N) is 1. The Morgan fingerprint density at radius 2 is 1.69 bits per heavy atom. The molecule has 0 aliphatic rings. The van der Waals surface area contributed by atoms with E-state index in [9.17, 15) is 9.59 Å². The molecule has 1 N–H and O–H groups in total. The Labute approximate surface area is 178 Å². The van der Waals surface area contributed by atoms with Gasteiger partial charge in [-0.3, -0.25) is 9.59 Å². The molecule has 29 heavy (non-hydrogen) atoms. The van der Waals surface area contributed by atoms with E-state index >= 15 is 0 Å². The van der Waals surface area contributed by atoms with E-state index in [1.165, 1.54) is 0 Å². The molecule has 5 nitrogen and oxygen atoms in total. The van der Waals surface area contributed by atoms with Crippen LogP contribution in [0.1, 0.15) is 25.0 Å². The Morgan fingerprint density at radius 3 is 2.28 bits per heavy atom. The van der Waals surface area contributed by atoms with E-state index in [2.05, 4.69) is 5.32 Å². The van der Waals surface area contributed by atoms with Gasteiger partial charge in [0.15, 0.2) is 0 Å². The van der Waals surface area contributed by atoms with Crippen molar-refractivity contribution in [1.82, 2.24) is 10.2 Å². The summed E-state index contributed by atoms with van der Waals surface area (Å²) >= 11 is 6.00. The Morgan fingerprint density at radius 1 is 1.03 bits per heavy atom. The summed E-state index contributed by atoms with van der Waals surface area (Å²) in [7, 11) is 1.59. The predicted octanol–water partition coefficient (Wildman–Crippen LogP) is 3.70. The van der Waals surface area contributed by atoms with Gasteiger partial charge in [-0.1, -0.05) is 67.9 Å². The fourth-order valence-corrected chi connectivity index (χ4v) is 3.16. The van der Waals surface area contributed by atoms with Crippen molar-refractivity contribution in [2.45, 2.75) is 32.9 Å². The molecule has 2 aromatic rings. The maximum atomic E-state index is 13.1. The number of methoxy groups -OCH3 is 1. The average Bonchev–Trinajstić information content (AvgIpc) is 2.72. The molecule has 156 valence electrons. The van der Waals surface area contributed by atoms with Gasteiger partial charge in [-0.2, -0.15) is 0 Å². The lowest BCUT2D eigenvalue weighted by molar-refractivity contribution is -0.143. The molecule has 0 aliphatic carbocycles. The molecule has 0 aromatic heterocycles. The zero-order valence-corrected chi connectivity index (χ0v) is 18.0. The molecular formula is C23H29ClN2O3. The average molecular weight is 417 g/mol. The van der Waals surface area contributed by atoms with Gasteiger partial charge in [-0.15, -0.1) is 0 Å². The summed E-state index contributed by atoms with van der Waals surface area (Å²) in [5.74, 6) is -0.482. The van der Waals surface area contributed by atoms with Gasteiger partial charge in [0.05, 0.1) is 6.61 Å². The first kappa shape index (κ1) is 22.9. The predicted molar refractivity (Wildman–Crippen MR) is 116 cm³/mol. The maximum Gasteiger partial charge on any atom is 0.243 e. The standard InChI is InChI=1S/C23H29ClN2O3/c1-17(2)23(28)26(16-19-9-11-20(24)12-10-19)21(22(27)25-13-14-29-3)15-18-7-5-4-6-8-18/h4-12,17,21H,13-16H2,1-3H3,(H,25,27). The second kappa shape index (κ2) is 11.6. The largest absolute Gasteiger partial charge is 0.383 e. The number of amides is 2. The van der Waals surface area contributed by atoms with E-state index in [1.807, 2.05) is 56.3 Å². The molecular weight excluding hydrogens is 388 g/mol. The molecule has 0 saturated carbocycles. The Bertz CT molecular complexity index is 778. The fraction of sp³-hybridized carbons (Fsp3) is 0.391. The first-order chi connectivity index (χ1) is 13.9. The number of carbonyl (C=O) groups excluding carboxylic acids is 2. The summed E-state index contributed by atoms with van der Waals surface area (Å²) in [4.78, 5) is 27.8. The highest BCUT2D eigenvalue weighted by Crippen LogP contribution is 2.18. The second-order valence-electron chi connectivity index (χ2n) is 7.24. The van der Waals surface area contributed by atoms with Crippen molar-refractivity contribution in [2.24, 2.45) is 5.92 Å². The lowest BCUT2D eigenvalue weighted by atomic mass is 10.0. The Hall–Kier alpha value is -2.37. The number of carbonyl (C=O) groups is 2. The van der Waals surface area contributed by atoms with Crippen LogP contribution in [0.2, 0.25) is 5.02 Å². The number of rotatable bonds is 10. The fourth-order valence-electron chi connectivity index (χ4n) is 3.04. The lowest BCUT2D eigenvalue weighted by Crippen LogP contribution is -2.52. The quantitative estimate of drug-likeness (QED) is 0.601. The summed E-state index contributed by atoms with van der Waals surface area (Å²) in [6.45, 7) is 4.84. The van der Waals surface area contributed by atoms with Crippen molar-refractivity contribution < 1.29 is 14.3 Å². The highest BCUT2D eigenvalue weighted by molar-refractivity contribution is 6.30. The summed E-state index contributed by atoms with van der Waals surface area (Å²) in [6.07, 6.45) is 0.436. The number of benzene rings is 2. The van der Waals surface area contributed by atoms with Crippen LogP contribution in [-0.4, -0.2) is 43.0 Å². The Balaban J connectivity index is 2.33. The van der Waals surface area contributed by atoms with Crippen LogP contribution in [0.5, 0.6) is 0 Å². The molecule has 6 heteroatoms. The van der Waals surface area contributed by atoms with Crippen LogP contribution in [0.25, 0.3) is 0 Å². The van der Waals surface area contributed by atoms with Gasteiger partial charge in [0.25, 0.3) is 0 Å². The van der Waals surface area contributed by atoms with E-state index in [-0.39, 0.29) is 17.7 Å². The SMILES string of the molecule is COCCNC(=O)C(Cc1ccccc1)N(Cc1ccc(Cl)cc1)C(=O)C(C)C. The van der Waals surface area contributed by atoms with Gasteiger partial charge in [0.1, 0.15) is 6.04 Å². The normalized spacial score (nSPS) is 11.9. The molecule has 0 saturated heterocycles. The first-order valence-electron chi connectivity index (χ1n) is 9.78. The van der Waals surface area contributed by atoms with Gasteiger partial charge in [-0.25, -0.2) is 0 Å². The molecule has 0 fully saturated rings. The van der Waals surface area contributed by atoms with Gasteiger partial charge in [-0.05, 0) is 23.3 Å². The molecule has 1 unspecified atom stereocenters. The van der Waals surface area contributed by atoms with Crippen molar-refractivity contribution in [1.29, 1.82) is 0 Å². The zero-order chi connectivity index (χ0) is 21.2. The molecule has 0 heterocycles. The van der Waals surface area contributed by atoms with Crippen molar-refractivity contribution >= 4 is 23.4 Å². The maximum absolute atomic E-state index is 13.1. The molecule has 2 rings (SSSR count). The molecule has 2 amide bonds. The highest BCUT2D eigenvalue weighted by atomic mass is 35.5. The third-order valence-corrected chi connectivity index (χ3v) is 4.85. The summed E-state index contributed by atoms with van der Waals surface area (Å²) in [5.41, 5.74) is 1.92. The van der Waals surface area contributed by atoms with E-state index < -0.39 is 6.04 Å². The molecule has 2 aromatic carbocycles. The summed E-state index contributed by atoms with van der Waals surface area (Å²) in [5, 5.41) is 3.53. The Kier molecular flexibility index (Phi) is 9.16. The van der Waals surface area contributed by atoms with Gasteiger partial charge in [0.2, 0.25) is 11.8 Å². The topological polar surface area (TPSA) is 58.6 Å². The number of halogens is 1. The minimum atomic E-state index is -0.625. The number of nitrogens with one attached hydrogen (secondary N) is 1.